The Bertz CT molecular complexity index is 822. The molecule has 0 saturated heterocycles. The predicted molar refractivity (Wildman–Crippen MR) is 113 cm³/mol. The zero-order chi connectivity index (χ0) is 17.6. The summed E-state index contributed by atoms with van der Waals surface area (Å²) in [5.74, 6) is 0. The van der Waals surface area contributed by atoms with Crippen LogP contribution in [0.4, 0.5) is 0 Å². The van der Waals surface area contributed by atoms with Crippen LogP contribution in [0.1, 0.15) is 64.5 Å². The third kappa shape index (κ3) is 1.93. The first kappa shape index (κ1) is 16.6. The summed E-state index contributed by atoms with van der Waals surface area (Å²) in [6.07, 6.45) is 4.66. The van der Waals surface area contributed by atoms with Crippen molar-refractivity contribution in [3.05, 3.63) is 70.1 Å². The monoisotopic (exact) mass is 344 g/mol. The van der Waals surface area contributed by atoms with E-state index in [0.717, 1.165) is 12.8 Å². The van der Waals surface area contributed by atoms with Crippen LogP contribution in [0, 0.1) is 0 Å². The first-order valence-corrected chi connectivity index (χ1v) is 11.9. The topological polar surface area (TPSA) is 0 Å². The number of allylic oxidation sites excluding steroid dienone is 4. The fraction of sp³-hybridized carbons (Fsp3) is 0.333. The van der Waals surface area contributed by atoms with E-state index >= 15 is 0 Å². The van der Waals surface area contributed by atoms with Crippen LogP contribution in [0.3, 0.4) is 0 Å². The molecule has 0 bridgehead atoms. The molecular weight excluding hydrogens is 316 g/mol. The Balaban J connectivity index is 2.19. The van der Waals surface area contributed by atoms with E-state index in [4.69, 9.17) is 0 Å². The molecule has 0 aromatic heterocycles. The van der Waals surface area contributed by atoms with Gasteiger partial charge in [-0.05, 0) is 58.3 Å². The number of hydrogen-bond donors (Lipinski definition) is 0. The standard InChI is InChI=1S/C24H28Si/c1-5-17-19-13-9-11-15-23(19)25(21(17)7-3)22(8-4)18(6-2)20-14-10-12-16-24(20)25/h9-16H,5-8H2,1-4H3. The third-order valence-corrected chi connectivity index (χ3v) is 12.0. The lowest BCUT2D eigenvalue weighted by atomic mass is 10.0. The molecular formula is C24H28Si. The summed E-state index contributed by atoms with van der Waals surface area (Å²) in [5, 5.41) is 6.89. The highest BCUT2D eigenvalue weighted by Crippen LogP contribution is 2.47. The molecule has 1 spiro atoms. The molecule has 0 N–H and O–H groups in total. The Kier molecular flexibility index (Phi) is 4.08. The minimum Gasteiger partial charge on any atom is -0.0640 e. The van der Waals surface area contributed by atoms with Gasteiger partial charge < -0.3 is 0 Å². The van der Waals surface area contributed by atoms with E-state index in [9.17, 15) is 0 Å². The largest absolute Gasteiger partial charge is 0.173 e. The Morgan fingerprint density at radius 1 is 0.560 bits per heavy atom. The van der Waals surface area contributed by atoms with E-state index in [0.29, 0.717) is 0 Å². The average Bonchev–Trinajstić information content (AvgIpc) is 3.12. The van der Waals surface area contributed by atoms with Crippen molar-refractivity contribution < 1.29 is 0 Å². The molecule has 0 atom stereocenters. The highest BCUT2D eigenvalue weighted by atomic mass is 28.3. The van der Waals surface area contributed by atoms with Gasteiger partial charge in [0, 0.05) is 0 Å². The fourth-order valence-corrected chi connectivity index (χ4v) is 12.2. The van der Waals surface area contributed by atoms with Gasteiger partial charge in [0.1, 0.15) is 0 Å². The summed E-state index contributed by atoms with van der Waals surface area (Å²) < 4.78 is 0. The summed E-state index contributed by atoms with van der Waals surface area (Å²) in [7, 11) is -1.98. The molecule has 1 heteroatoms. The fourth-order valence-electron chi connectivity index (χ4n) is 5.67. The molecule has 2 heterocycles. The molecule has 4 rings (SSSR count). The van der Waals surface area contributed by atoms with Gasteiger partial charge in [0.2, 0.25) is 0 Å². The van der Waals surface area contributed by atoms with Gasteiger partial charge in [0.05, 0.1) is 0 Å². The second-order valence-electron chi connectivity index (χ2n) is 7.17. The SMILES string of the molecule is CCC1=C(CC)[Si]2(C(CC)=C(CC)c3ccccc32)c2ccccc21. The summed E-state index contributed by atoms with van der Waals surface area (Å²) in [6.45, 7) is 9.44. The Morgan fingerprint density at radius 3 is 1.32 bits per heavy atom. The summed E-state index contributed by atoms with van der Waals surface area (Å²) in [6, 6.07) is 18.6. The van der Waals surface area contributed by atoms with Gasteiger partial charge in [0.25, 0.3) is 0 Å². The second kappa shape index (κ2) is 6.14. The molecule has 0 amide bonds. The highest BCUT2D eigenvalue weighted by Gasteiger charge is 2.54. The molecule has 0 unspecified atom stereocenters. The summed E-state index contributed by atoms with van der Waals surface area (Å²) >= 11 is 0. The number of benzene rings is 2. The van der Waals surface area contributed by atoms with E-state index in [1.165, 1.54) is 12.8 Å². The maximum Gasteiger partial charge on any atom is 0.173 e. The van der Waals surface area contributed by atoms with Crippen molar-refractivity contribution in [1.29, 1.82) is 0 Å². The lowest BCUT2D eigenvalue weighted by Crippen LogP contribution is -2.59. The molecule has 0 aliphatic carbocycles. The number of fused-ring (bicyclic) bond motifs is 4. The van der Waals surface area contributed by atoms with Crippen LogP contribution in [0.15, 0.2) is 58.9 Å². The molecule has 128 valence electrons. The third-order valence-electron chi connectivity index (χ3n) is 6.36. The highest BCUT2D eigenvalue weighted by molar-refractivity contribution is 7.16. The van der Waals surface area contributed by atoms with Crippen molar-refractivity contribution in [2.45, 2.75) is 53.4 Å². The van der Waals surface area contributed by atoms with Gasteiger partial charge in [0.15, 0.2) is 8.07 Å². The zero-order valence-electron chi connectivity index (χ0n) is 15.9. The van der Waals surface area contributed by atoms with Crippen LogP contribution in [0.25, 0.3) is 11.1 Å². The first-order chi connectivity index (χ1) is 12.2. The van der Waals surface area contributed by atoms with Crippen LogP contribution in [-0.4, -0.2) is 8.07 Å². The van der Waals surface area contributed by atoms with E-state index in [1.807, 2.05) is 0 Å². The van der Waals surface area contributed by atoms with E-state index in [-0.39, 0.29) is 0 Å². The van der Waals surface area contributed by atoms with Gasteiger partial charge in [-0.15, -0.1) is 0 Å². The lowest BCUT2D eigenvalue weighted by molar-refractivity contribution is 1.12. The normalized spacial score (nSPS) is 17.4. The van der Waals surface area contributed by atoms with Crippen molar-refractivity contribution in [3.8, 4) is 0 Å². The van der Waals surface area contributed by atoms with Gasteiger partial charge in [-0.25, -0.2) is 0 Å². The van der Waals surface area contributed by atoms with Gasteiger partial charge in [-0.3, -0.25) is 0 Å². The van der Waals surface area contributed by atoms with Crippen molar-refractivity contribution in [2.24, 2.45) is 0 Å². The number of hydrogen-bond acceptors (Lipinski definition) is 0. The quantitative estimate of drug-likeness (QED) is 0.642. The van der Waals surface area contributed by atoms with Crippen LogP contribution in [-0.2, 0) is 0 Å². The van der Waals surface area contributed by atoms with Crippen LogP contribution < -0.4 is 10.4 Å². The molecule has 2 aliphatic heterocycles. The second-order valence-corrected chi connectivity index (χ2v) is 11.0. The van der Waals surface area contributed by atoms with Crippen LogP contribution in [0.5, 0.6) is 0 Å². The van der Waals surface area contributed by atoms with Gasteiger partial charge in [-0.1, -0.05) is 86.6 Å². The molecule has 2 aromatic carbocycles. The van der Waals surface area contributed by atoms with E-state index < -0.39 is 8.07 Å². The van der Waals surface area contributed by atoms with E-state index in [1.54, 1.807) is 43.0 Å². The van der Waals surface area contributed by atoms with Crippen molar-refractivity contribution in [2.75, 3.05) is 0 Å². The number of rotatable bonds is 4. The maximum absolute atomic E-state index is 2.45. The van der Waals surface area contributed by atoms with Crippen molar-refractivity contribution >= 4 is 29.6 Å². The summed E-state index contributed by atoms with van der Waals surface area (Å²) in [5.41, 5.74) is 6.38. The first-order valence-electron chi connectivity index (χ1n) is 9.90. The average molecular weight is 345 g/mol. The summed E-state index contributed by atoms with van der Waals surface area (Å²) in [4.78, 5) is 0. The van der Waals surface area contributed by atoms with Gasteiger partial charge in [-0.2, -0.15) is 0 Å². The Morgan fingerprint density at radius 2 is 0.960 bits per heavy atom. The van der Waals surface area contributed by atoms with Crippen LogP contribution in [0.2, 0.25) is 0 Å². The Labute approximate surface area is 153 Å². The molecule has 0 nitrogen and oxygen atoms in total. The van der Waals surface area contributed by atoms with Crippen LogP contribution >= 0.6 is 0 Å². The van der Waals surface area contributed by atoms with Gasteiger partial charge >= 0.3 is 0 Å². The predicted octanol–water partition coefficient (Wildman–Crippen LogP) is 5.50. The molecule has 25 heavy (non-hydrogen) atoms. The van der Waals surface area contributed by atoms with Crippen molar-refractivity contribution in [3.63, 3.8) is 0 Å². The Hall–Kier alpha value is -1.86. The molecule has 2 aliphatic rings. The van der Waals surface area contributed by atoms with E-state index in [2.05, 4.69) is 76.2 Å². The zero-order valence-corrected chi connectivity index (χ0v) is 16.9. The van der Waals surface area contributed by atoms with Crippen molar-refractivity contribution in [1.82, 2.24) is 0 Å². The molecule has 0 saturated carbocycles. The smallest absolute Gasteiger partial charge is 0.0640 e. The minimum absolute atomic E-state index is 1.15. The minimum atomic E-state index is -1.98. The lowest BCUT2D eigenvalue weighted by Gasteiger charge is -2.32. The molecule has 2 aromatic rings. The maximum atomic E-state index is 2.45. The molecule has 0 fully saturated rings. The molecule has 0 radical (unpaired) electrons.